The monoisotopic (exact) mass is 232 g/mol. The van der Waals surface area contributed by atoms with E-state index in [0.29, 0.717) is 11.3 Å². The number of nitrogens with one attached hydrogen (secondary N) is 1. The summed E-state index contributed by atoms with van der Waals surface area (Å²) in [6, 6.07) is 8.68. The summed E-state index contributed by atoms with van der Waals surface area (Å²) in [6.07, 6.45) is 0. The fourth-order valence-corrected chi connectivity index (χ4v) is 2.77. The van der Waals surface area contributed by atoms with Gasteiger partial charge in [0, 0.05) is 31.2 Å². The normalized spacial score (nSPS) is 19.2. The lowest BCUT2D eigenvalue weighted by Crippen LogP contribution is -2.33. The number of anilines is 1. The average Bonchev–Trinajstić information content (AvgIpc) is 2.59. The highest BCUT2D eigenvalue weighted by Gasteiger charge is 2.24. The molecule has 0 bridgehead atoms. The van der Waals surface area contributed by atoms with Crippen molar-refractivity contribution in [3.63, 3.8) is 0 Å². The Morgan fingerprint density at radius 1 is 1.29 bits per heavy atom. The van der Waals surface area contributed by atoms with Crippen LogP contribution in [0.3, 0.4) is 0 Å². The minimum absolute atomic E-state index is 0.375. The Bertz CT molecular complexity index is 379. The second kappa shape index (κ2) is 4.69. The predicted molar refractivity (Wildman–Crippen MR) is 74.6 cm³/mol. The van der Waals surface area contributed by atoms with Gasteiger partial charge in [-0.25, -0.2) is 0 Å². The lowest BCUT2D eigenvalue weighted by Gasteiger charge is -2.28. The van der Waals surface area contributed by atoms with Crippen molar-refractivity contribution in [3.05, 3.63) is 29.8 Å². The highest BCUT2D eigenvalue weighted by Crippen LogP contribution is 2.31. The zero-order chi connectivity index (χ0) is 12.5. The van der Waals surface area contributed by atoms with E-state index in [1.165, 1.54) is 11.3 Å². The third-order valence-electron chi connectivity index (χ3n) is 3.22. The Morgan fingerprint density at radius 3 is 2.71 bits per heavy atom. The quantitative estimate of drug-likeness (QED) is 0.861. The third kappa shape index (κ3) is 3.22. The lowest BCUT2D eigenvalue weighted by molar-refractivity contribution is 0.219. The molecule has 0 saturated carbocycles. The molecule has 0 saturated heterocycles. The van der Waals surface area contributed by atoms with Crippen LogP contribution in [0.5, 0.6) is 0 Å². The summed E-state index contributed by atoms with van der Waals surface area (Å²) in [5.41, 5.74) is 3.18. The molecule has 17 heavy (non-hydrogen) atoms. The van der Waals surface area contributed by atoms with Crippen LogP contribution in [0.4, 0.5) is 5.69 Å². The van der Waals surface area contributed by atoms with E-state index in [-0.39, 0.29) is 0 Å². The number of fused-ring (bicyclic) bond motifs is 1. The van der Waals surface area contributed by atoms with Gasteiger partial charge in [0.05, 0.1) is 0 Å². The van der Waals surface area contributed by atoms with Crippen LogP contribution in [-0.4, -0.2) is 31.6 Å². The van der Waals surface area contributed by atoms with Gasteiger partial charge in [0.1, 0.15) is 0 Å². The Hall–Kier alpha value is -1.02. The number of hydrogen-bond acceptors (Lipinski definition) is 2. The van der Waals surface area contributed by atoms with Crippen molar-refractivity contribution in [2.45, 2.75) is 26.7 Å². The number of benzene rings is 1. The topological polar surface area (TPSA) is 15.3 Å². The second-order valence-corrected chi connectivity index (χ2v) is 6.42. The van der Waals surface area contributed by atoms with Crippen molar-refractivity contribution in [1.82, 2.24) is 4.90 Å². The van der Waals surface area contributed by atoms with Crippen molar-refractivity contribution in [3.8, 4) is 0 Å². The summed E-state index contributed by atoms with van der Waals surface area (Å²) in [7, 11) is 2.23. The third-order valence-corrected chi connectivity index (χ3v) is 3.22. The molecule has 0 spiro atoms. The van der Waals surface area contributed by atoms with E-state index in [0.717, 1.165) is 19.6 Å². The smallest absolute Gasteiger partial charge is 0.0376 e. The molecule has 0 aliphatic carbocycles. The summed E-state index contributed by atoms with van der Waals surface area (Å²) >= 11 is 0. The molecule has 1 aromatic rings. The minimum Gasteiger partial charge on any atom is -0.384 e. The molecule has 94 valence electrons. The first-order valence-electron chi connectivity index (χ1n) is 6.47. The molecule has 1 aliphatic rings. The van der Waals surface area contributed by atoms with Gasteiger partial charge in [-0.3, -0.25) is 0 Å². The fourth-order valence-electron chi connectivity index (χ4n) is 2.77. The zero-order valence-electron chi connectivity index (χ0n) is 11.5. The van der Waals surface area contributed by atoms with E-state index in [2.05, 4.69) is 62.3 Å². The number of para-hydroxylation sites is 1. The molecular weight excluding hydrogens is 208 g/mol. The van der Waals surface area contributed by atoms with Gasteiger partial charge in [-0.15, -0.1) is 0 Å². The van der Waals surface area contributed by atoms with Crippen molar-refractivity contribution < 1.29 is 0 Å². The molecular formula is C15H24N2. The molecule has 1 unspecified atom stereocenters. The summed E-state index contributed by atoms with van der Waals surface area (Å²) in [5, 5.41) is 3.49. The molecule has 0 aromatic heterocycles. The Kier molecular flexibility index (Phi) is 3.43. The summed E-state index contributed by atoms with van der Waals surface area (Å²) in [4.78, 5) is 2.45. The number of nitrogens with zero attached hydrogens (tertiary/aromatic N) is 1. The molecule has 2 heteroatoms. The van der Waals surface area contributed by atoms with E-state index < -0.39 is 0 Å². The van der Waals surface area contributed by atoms with Gasteiger partial charge in [0.15, 0.2) is 0 Å². The Morgan fingerprint density at radius 2 is 2.00 bits per heavy atom. The first-order chi connectivity index (χ1) is 7.96. The van der Waals surface area contributed by atoms with Crippen LogP contribution in [0.15, 0.2) is 24.3 Å². The average molecular weight is 232 g/mol. The SMILES string of the molecule is CN(CC1CNc2ccccc21)CC(C)(C)C. The molecule has 2 rings (SSSR count). The molecule has 1 atom stereocenters. The van der Waals surface area contributed by atoms with Crippen molar-refractivity contribution in [2.24, 2.45) is 5.41 Å². The Labute approximate surface area is 105 Å². The van der Waals surface area contributed by atoms with Crippen LogP contribution in [0.25, 0.3) is 0 Å². The van der Waals surface area contributed by atoms with Crippen LogP contribution in [0.2, 0.25) is 0 Å². The van der Waals surface area contributed by atoms with Crippen LogP contribution in [-0.2, 0) is 0 Å². The Balaban J connectivity index is 1.98. The lowest BCUT2D eigenvalue weighted by atomic mass is 9.95. The van der Waals surface area contributed by atoms with Crippen LogP contribution < -0.4 is 5.32 Å². The van der Waals surface area contributed by atoms with Gasteiger partial charge < -0.3 is 10.2 Å². The molecule has 1 aliphatic heterocycles. The van der Waals surface area contributed by atoms with Crippen LogP contribution >= 0.6 is 0 Å². The maximum absolute atomic E-state index is 3.49. The van der Waals surface area contributed by atoms with Crippen molar-refractivity contribution in [1.29, 1.82) is 0 Å². The zero-order valence-corrected chi connectivity index (χ0v) is 11.5. The number of likely N-dealkylation sites (N-methyl/N-ethyl adjacent to an activating group) is 1. The van der Waals surface area contributed by atoms with Gasteiger partial charge in [0.2, 0.25) is 0 Å². The molecule has 1 heterocycles. The maximum Gasteiger partial charge on any atom is 0.0376 e. The van der Waals surface area contributed by atoms with Gasteiger partial charge in [-0.05, 0) is 24.1 Å². The minimum atomic E-state index is 0.375. The van der Waals surface area contributed by atoms with Gasteiger partial charge >= 0.3 is 0 Å². The number of hydrogen-bond donors (Lipinski definition) is 1. The van der Waals surface area contributed by atoms with E-state index >= 15 is 0 Å². The van der Waals surface area contributed by atoms with E-state index in [4.69, 9.17) is 0 Å². The summed E-state index contributed by atoms with van der Waals surface area (Å²) in [5.74, 6) is 0.638. The highest BCUT2D eigenvalue weighted by molar-refractivity contribution is 5.57. The highest BCUT2D eigenvalue weighted by atomic mass is 15.1. The van der Waals surface area contributed by atoms with E-state index in [1.807, 2.05) is 0 Å². The van der Waals surface area contributed by atoms with Crippen molar-refractivity contribution in [2.75, 3.05) is 32.0 Å². The van der Waals surface area contributed by atoms with E-state index in [9.17, 15) is 0 Å². The standard InChI is InChI=1S/C15H24N2/c1-15(2,3)11-17(4)10-12-9-16-14-8-6-5-7-13(12)14/h5-8,12,16H,9-11H2,1-4H3. The van der Waals surface area contributed by atoms with Crippen LogP contribution in [0, 0.1) is 5.41 Å². The summed E-state index contributed by atoms with van der Waals surface area (Å²) < 4.78 is 0. The molecule has 2 nitrogen and oxygen atoms in total. The molecule has 0 amide bonds. The van der Waals surface area contributed by atoms with Crippen molar-refractivity contribution >= 4 is 5.69 Å². The van der Waals surface area contributed by atoms with Gasteiger partial charge in [0.25, 0.3) is 0 Å². The molecule has 1 aromatic carbocycles. The molecule has 0 fully saturated rings. The second-order valence-electron chi connectivity index (χ2n) is 6.42. The van der Waals surface area contributed by atoms with Crippen LogP contribution in [0.1, 0.15) is 32.3 Å². The fraction of sp³-hybridized carbons (Fsp3) is 0.600. The predicted octanol–water partition coefficient (Wildman–Crippen LogP) is 3.17. The molecule has 0 radical (unpaired) electrons. The van der Waals surface area contributed by atoms with E-state index in [1.54, 1.807) is 0 Å². The summed E-state index contributed by atoms with van der Waals surface area (Å²) in [6.45, 7) is 10.2. The number of rotatable bonds is 3. The first kappa shape index (κ1) is 12.4. The van der Waals surface area contributed by atoms with Gasteiger partial charge in [-0.2, -0.15) is 0 Å². The van der Waals surface area contributed by atoms with Gasteiger partial charge in [-0.1, -0.05) is 39.0 Å². The largest absolute Gasteiger partial charge is 0.384 e. The maximum atomic E-state index is 3.49. The first-order valence-corrected chi connectivity index (χ1v) is 6.47. The molecule has 1 N–H and O–H groups in total.